The number of hydrogen-bond acceptors (Lipinski definition) is 16. The van der Waals surface area contributed by atoms with Crippen molar-refractivity contribution in [3.8, 4) is 11.5 Å². The molecule has 0 spiro atoms. The Morgan fingerprint density at radius 3 is 1.73 bits per heavy atom. The molecule has 6 atom stereocenters. The first kappa shape index (κ1) is 38.2. The number of hydrogen-bond donors (Lipinski definition) is 0. The highest BCUT2D eigenvalue weighted by Crippen LogP contribution is 2.49. The zero-order valence-corrected chi connectivity index (χ0v) is 28.8. The molecule has 1 heterocycles. The van der Waals surface area contributed by atoms with Crippen molar-refractivity contribution in [1.29, 1.82) is 0 Å². The van der Waals surface area contributed by atoms with E-state index in [4.69, 9.17) is 37.9 Å². The van der Waals surface area contributed by atoms with E-state index >= 15 is 0 Å². The van der Waals surface area contributed by atoms with Crippen LogP contribution in [-0.4, -0.2) is 84.7 Å². The molecule has 1 saturated heterocycles. The van der Waals surface area contributed by atoms with Gasteiger partial charge in [-0.25, -0.2) is 0 Å². The Morgan fingerprint density at radius 2 is 1.16 bits per heavy atom. The smallest absolute Gasteiger partial charge is 0.308 e. The Bertz CT molecular complexity index is 1780. The molecule has 2 aliphatic rings. The second-order valence-electron chi connectivity index (χ2n) is 11.7. The summed E-state index contributed by atoms with van der Waals surface area (Å²) in [4.78, 5) is 100. The SMILES string of the molecule is CC(=O)OCc1cc(OC(C)=O)c2c(c1)C(C1OC(COC(C)=O)C(OC(C)=O)C(OC(C)=O)C1OC(C)=O)c1cccc(OC(C)=O)c1C2=O. The normalized spacial score (nSPS) is 21.9. The summed E-state index contributed by atoms with van der Waals surface area (Å²) in [5, 5.41) is 0. The highest BCUT2D eigenvalue weighted by Gasteiger charge is 2.56. The van der Waals surface area contributed by atoms with Crippen molar-refractivity contribution in [2.24, 2.45) is 0 Å². The largest absolute Gasteiger partial charge is 0.463 e. The van der Waals surface area contributed by atoms with Gasteiger partial charge in [-0.05, 0) is 28.8 Å². The summed E-state index contributed by atoms with van der Waals surface area (Å²) >= 11 is 0. The summed E-state index contributed by atoms with van der Waals surface area (Å²) < 4.78 is 44.8. The molecule has 2 aromatic rings. The standard InChI is InChI=1S/C35H36O16/c1-15(36)44-13-22-11-24-28(23-9-8-10-25(46-17(3)38)29(23)31(43)30(24)26(12-22)47-18(4)39)33-35(50-21(7)42)34(49-20(6)41)32(48-19(5)40)27(51-33)14-45-16(2)37/h8-12,27-28,32-35H,13-14H2,1-7H3. The van der Waals surface area contributed by atoms with Gasteiger partial charge in [0.15, 0.2) is 18.3 Å². The zero-order chi connectivity index (χ0) is 37.7. The number of ether oxygens (including phenoxy) is 8. The van der Waals surface area contributed by atoms with Crippen LogP contribution >= 0.6 is 0 Å². The zero-order valence-electron chi connectivity index (χ0n) is 28.8. The number of ketones is 1. The van der Waals surface area contributed by atoms with Gasteiger partial charge < -0.3 is 37.9 Å². The minimum absolute atomic E-state index is 0.120. The number of fused-ring (bicyclic) bond motifs is 2. The van der Waals surface area contributed by atoms with E-state index in [-0.39, 0.29) is 45.9 Å². The molecule has 1 fully saturated rings. The van der Waals surface area contributed by atoms with E-state index in [1.165, 1.54) is 37.3 Å². The topological polar surface area (TPSA) is 210 Å². The van der Waals surface area contributed by atoms with Crippen LogP contribution in [0.3, 0.4) is 0 Å². The molecule has 0 radical (unpaired) electrons. The minimum atomic E-state index is -1.57. The Balaban J connectivity index is 2.10. The maximum atomic E-state index is 14.4. The number of carbonyl (C=O) groups excluding carboxylic acids is 8. The third-order valence-electron chi connectivity index (χ3n) is 7.68. The Labute approximate surface area is 291 Å². The molecule has 1 aliphatic carbocycles. The first-order valence-corrected chi connectivity index (χ1v) is 15.6. The summed E-state index contributed by atoms with van der Waals surface area (Å²) in [6.45, 7) is 6.92. The van der Waals surface area contributed by atoms with Gasteiger partial charge in [0, 0.05) is 54.4 Å². The van der Waals surface area contributed by atoms with Gasteiger partial charge in [-0.1, -0.05) is 18.2 Å². The summed E-state index contributed by atoms with van der Waals surface area (Å²) in [6.07, 6.45) is -7.41. The van der Waals surface area contributed by atoms with Crippen molar-refractivity contribution >= 4 is 47.6 Å². The van der Waals surface area contributed by atoms with E-state index < -0.39 is 90.6 Å². The third kappa shape index (κ3) is 8.94. The minimum Gasteiger partial charge on any atom is -0.463 e. The fourth-order valence-electron chi connectivity index (χ4n) is 6.16. The predicted molar refractivity (Wildman–Crippen MR) is 168 cm³/mol. The van der Waals surface area contributed by atoms with Crippen LogP contribution < -0.4 is 9.47 Å². The monoisotopic (exact) mass is 712 g/mol. The average Bonchev–Trinajstić information content (AvgIpc) is 3.00. The third-order valence-corrected chi connectivity index (χ3v) is 7.68. The van der Waals surface area contributed by atoms with Crippen LogP contribution in [0.5, 0.6) is 11.5 Å². The van der Waals surface area contributed by atoms with Gasteiger partial charge in [-0.2, -0.15) is 0 Å². The first-order chi connectivity index (χ1) is 24.0. The molecule has 0 saturated carbocycles. The van der Waals surface area contributed by atoms with Crippen molar-refractivity contribution in [3.63, 3.8) is 0 Å². The maximum absolute atomic E-state index is 14.4. The molecule has 16 nitrogen and oxygen atoms in total. The van der Waals surface area contributed by atoms with Crippen LogP contribution in [0.15, 0.2) is 30.3 Å². The van der Waals surface area contributed by atoms with Crippen LogP contribution in [0.25, 0.3) is 0 Å². The molecule has 0 bridgehead atoms. The van der Waals surface area contributed by atoms with Crippen LogP contribution in [0, 0.1) is 0 Å². The molecule has 0 N–H and O–H groups in total. The van der Waals surface area contributed by atoms with Gasteiger partial charge in [-0.15, -0.1) is 0 Å². The van der Waals surface area contributed by atoms with E-state index in [0.29, 0.717) is 0 Å². The fraction of sp³-hybridized carbons (Fsp3) is 0.429. The van der Waals surface area contributed by atoms with E-state index in [2.05, 4.69) is 0 Å². The molecule has 0 aromatic heterocycles. The van der Waals surface area contributed by atoms with Crippen molar-refractivity contribution in [3.05, 3.63) is 58.1 Å². The summed E-state index contributed by atoms with van der Waals surface area (Å²) in [5.74, 6) is -7.84. The highest BCUT2D eigenvalue weighted by molar-refractivity contribution is 6.16. The maximum Gasteiger partial charge on any atom is 0.308 e. The lowest BCUT2D eigenvalue weighted by Gasteiger charge is -2.48. The van der Waals surface area contributed by atoms with Crippen LogP contribution in [-0.2, 0) is 68.6 Å². The Morgan fingerprint density at radius 1 is 0.608 bits per heavy atom. The molecule has 16 heteroatoms. The van der Waals surface area contributed by atoms with E-state index in [1.54, 1.807) is 0 Å². The second kappa shape index (κ2) is 15.9. The van der Waals surface area contributed by atoms with Gasteiger partial charge >= 0.3 is 41.8 Å². The molecular formula is C35H36O16. The molecule has 1 aliphatic heterocycles. The number of esters is 7. The van der Waals surface area contributed by atoms with E-state index in [1.807, 2.05) is 0 Å². The van der Waals surface area contributed by atoms with Gasteiger partial charge in [0.2, 0.25) is 5.78 Å². The Hall–Kier alpha value is -5.64. The lowest BCUT2D eigenvalue weighted by molar-refractivity contribution is -0.254. The molecular weight excluding hydrogens is 676 g/mol. The van der Waals surface area contributed by atoms with Gasteiger partial charge in [-0.3, -0.25) is 38.4 Å². The molecule has 6 unspecified atom stereocenters. The van der Waals surface area contributed by atoms with Crippen molar-refractivity contribution < 1.29 is 76.3 Å². The van der Waals surface area contributed by atoms with Gasteiger partial charge in [0.05, 0.1) is 11.1 Å². The lowest BCUT2D eigenvalue weighted by Crippen LogP contribution is -2.63. The summed E-state index contributed by atoms with van der Waals surface area (Å²) in [7, 11) is 0. The first-order valence-electron chi connectivity index (χ1n) is 15.6. The quantitative estimate of drug-likeness (QED) is 0.197. The summed E-state index contributed by atoms with van der Waals surface area (Å²) in [5.41, 5.74) is 0.240. The predicted octanol–water partition coefficient (Wildman–Crippen LogP) is 2.40. The van der Waals surface area contributed by atoms with Crippen molar-refractivity contribution in [2.45, 2.75) is 91.5 Å². The molecule has 4 rings (SSSR count). The summed E-state index contributed by atoms with van der Waals surface area (Å²) in [6, 6.07) is 7.19. The van der Waals surface area contributed by atoms with E-state index in [0.717, 1.165) is 41.5 Å². The second-order valence-corrected chi connectivity index (χ2v) is 11.7. The molecule has 272 valence electrons. The molecule has 0 amide bonds. The van der Waals surface area contributed by atoms with Crippen LogP contribution in [0.2, 0.25) is 0 Å². The lowest BCUT2D eigenvalue weighted by atomic mass is 9.71. The fourth-order valence-corrected chi connectivity index (χ4v) is 6.16. The van der Waals surface area contributed by atoms with Crippen molar-refractivity contribution in [2.75, 3.05) is 6.61 Å². The van der Waals surface area contributed by atoms with Crippen LogP contribution in [0.4, 0.5) is 0 Å². The van der Waals surface area contributed by atoms with Gasteiger partial charge in [0.25, 0.3) is 0 Å². The Kier molecular flexibility index (Phi) is 11.9. The van der Waals surface area contributed by atoms with Crippen LogP contribution in [0.1, 0.15) is 87.0 Å². The highest BCUT2D eigenvalue weighted by atomic mass is 16.7. The number of rotatable bonds is 10. The number of benzene rings is 2. The molecule has 2 aromatic carbocycles. The average molecular weight is 713 g/mol. The number of carbonyl (C=O) groups is 8. The molecule has 51 heavy (non-hydrogen) atoms. The van der Waals surface area contributed by atoms with E-state index in [9.17, 15) is 38.4 Å². The van der Waals surface area contributed by atoms with Gasteiger partial charge in [0.1, 0.15) is 36.9 Å². The van der Waals surface area contributed by atoms with Crippen molar-refractivity contribution in [1.82, 2.24) is 0 Å².